The van der Waals surface area contributed by atoms with E-state index in [0.29, 0.717) is 12.0 Å². The van der Waals surface area contributed by atoms with Crippen molar-refractivity contribution in [3.8, 4) is 0 Å². The van der Waals surface area contributed by atoms with Gasteiger partial charge in [0, 0.05) is 0 Å². The summed E-state index contributed by atoms with van der Waals surface area (Å²) in [6, 6.07) is 0.618. The molecule has 1 N–H and O–H groups in total. The Bertz CT molecular complexity index is 738. The van der Waals surface area contributed by atoms with Crippen molar-refractivity contribution >= 4 is 0 Å². The van der Waals surface area contributed by atoms with E-state index in [-0.39, 0.29) is 0 Å². The number of hydrogen-bond donors (Lipinski definition) is 1. The Balaban J connectivity index is 2.29. The third-order valence-corrected chi connectivity index (χ3v) is 11.4. The first-order chi connectivity index (χ1) is 23.7. The average molecular weight is 672 g/mol. The molecule has 0 saturated heterocycles. The van der Waals surface area contributed by atoms with Crippen LogP contribution in [0.25, 0.3) is 0 Å². The largest absolute Gasteiger partial charge is 0.257 e. The summed E-state index contributed by atoms with van der Waals surface area (Å²) in [5, 5.41) is 0. The molecule has 1 rings (SSSR count). The van der Waals surface area contributed by atoms with Gasteiger partial charge in [-0.25, -0.2) is 9.55 Å². The van der Waals surface area contributed by atoms with Gasteiger partial charge in [0.05, 0.1) is 12.0 Å². The van der Waals surface area contributed by atoms with Crippen LogP contribution in [0.5, 0.6) is 0 Å². The van der Waals surface area contributed by atoms with E-state index in [4.69, 9.17) is 0 Å². The average Bonchev–Trinajstić information content (AvgIpc) is 3.59. The van der Waals surface area contributed by atoms with E-state index in [0.717, 1.165) is 0 Å². The van der Waals surface area contributed by atoms with E-state index in [9.17, 15) is 0 Å². The minimum Gasteiger partial charge on any atom is -0.247 e. The molecule has 0 aliphatic heterocycles. The summed E-state index contributed by atoms with van der Waals surface area (Å²) in [5.74, 6) is 2.25. The quantitative estimate of drug-likeness (QED) is 0.0531. The third kappa shape index (κ3) is 27.0. The van der Waals surface area contributed by atoms with Crippen LogP contribution in [0.15, 0.2) is 12.4 Å². The van der Waals surface area contributed by atoms with Crippen molar-refractivity contribution in [1.82, 2.24) is 4.98 Å². The first-order valence-corrected chi connectivity index (χ1v) is 22.8. The molecule has 2 nitrogen and oxygen atoms in total. The lowest BCUT2D eigenvalue weighted by Gasteiger charge is -2.17. The summed E-state index contributed by atoms with van der Waals surface area (Å²) in [4.78, 5) is 3.76. The van der Waals surface area contributed by atoms with Crippen LogP contribution in [-0.2, 0) is 0 Å². The van der Waals surface area contributed by atoms with Crippen molar-refractivity contribution in [1.29, 1.82) is 0 Å². The Kier molecular flexibility index (Phi) is 33.9. The highest BCUT2D eigenvalue weighted by Crippen LogP contribution is 2.27. The molecule has 0 bridgehead atoms. The second-order valence-electron chi connectivity index (χ2n) is 16.1. The number of hydrogen-bond acceptors (Lipinski definition) is 0. The first-order valence-electron chi connectivity index (χ1n) is 22.8. The Morgan fingerprint density at radius 2 is 0.667 bits per heavy atom. The van der Waals surface area contributed by atoms with Crippen LogP contribution in [0.3, 0.4) is 0 Å². The monoisotopic (exact) mass is 672 g/mol. The number of H-pyrrole nitrogens is 1. The van der Waals surface area contributed by atoms with Crippen LogP contribution in [0.1, 0.15) is 283 Å². The van der Waals surface area contributed by atoms with E-state index in [1.165, 1.54) is 243 Å². The molecule has 2 unspecified atom stereocenters. The van der Waals surface area contributed by atoms with E-state index >= 15 is 0 Å². The summed E-state index contributed by atoms with van der Waals surface area (Å²) in [6.45, 7) is 9.44. The van der Waals surface area contributed by atoms with Crippen LogP contribution in [0, 0.1) is 0 Å². The van der Waals surface area contributed by atoms with Gasteiger partial charge in [-0.15, -0.1) is 0 Å². The first kappa shape index (κ1) is 45.2. The normalized spacial score (nSPS) is 13.0. The predicted octanol–water partition coefficient (Wildman–Crippen LogP) is 16.4. The fourth-order valence-electron chi connectivity index (χ4n) is 8.02. The maximum absolute atomic E-state index is 3.76. The van der Waals surface area contributed by atoms with Gasteiger partial charge in [-0.3, -0.25) is 0 Å². The van der Waals surface area contributed by atoms with Crippen LogP contribution < -0.4 is 4.57 Å². The fraction of sp³-hybridized carbons (Fsp3) is 0.935. The molecule has 284 valence electrons. The van der Waals surface area contributed by atoms with Gasteiger partial charge in [0.2, 0.25) is 0 Å². The van der Waals surface area contributed by atoms with Crippen molar-refractivity contribution in [2.24, 2.45) is 0 Å². The molecule has 0 aliphatic carbocycles. The maximum Gasteiger partial charge on any atom is 0.257 e. The Hall–Kier alpha value is -0.790. The second-order valence-corrected chi connectivity index (χ2v) is 16.1. The molecule has 2 heteroatoms. The SMILES string of the molecule is CCCCCCCCCCCCCCCCC(CCCCCCCC)c1[nH]cc[n+]1C(C)CCCCCCCCCCCCCCCC. The zero-order valence-corrected chi connectivity index (χ0v) is 33.9. The number of nitrogens with zero attached hydrogens (tertiary/aromatic N) is 1. The number of imidazole rings is 1. The van der Waals surface area contributed by atoms with E-state index in [2.05, 4.69) is 49.6 Å². The second kappa shape index (κ2) is 36.0. The lowest BCUT2D eigenvalue weighted by atomic mass is 9.92. The summed E-state index contributed by atoms with van der Waals surface area (Å²) in [6.07, 6.45) is 57.6. The highest BCUT2D eigenvalue weighted by molar-refractivity contribution is 4.90. The van der Waals surface area contributed by atoms with Gasteiger partial charge in [-0.2, -0.15) is 0 Å². The maximum atomic E-state index is 3.76. The molecular weight excluding hydrogens is 581 g/mol. The molecule has 48 heavy (non-hydrogen) atoms. The van der Waals surface area contributed by atoms with Crippen LogP contribution >= 0.6 is 0 Å². The Morgan fingerprint density at radius 3 is 0.979 bits per heavy atom. The molecular formula is C46H91N2+. The molecule has 0 radical (unpaired) electrons. The third-order valence-electron chi connectivity index (χ3n) is 11.4. The lowest BCUT2D eigenvalue weighted by molar-refractivity contribution is -0.727. The zero-order chi connectivity index (χ0) is 34.6. The molecule has 0 fully saturated rings. The van der Waals surface area contributed by atoms with Crippen molar-refractivity contribution in [2.45, 2.75) is 277 Å². The fourth-order valence-corrected chi connectivity index (χ4v) is 8.02. The smallest absolute Gasteiger partial charge is 0.247 e. The molecule has 0 saturated carbocycles. The minimum absolute atomic E-state index is 0.618. The van der Waals surface area contributed by atoms with Gasteiger partial charge in [-0.05, 0) is 32.6 Å². The molecule has 0 aromatic carbocycles. The highest BCUT2D eigenvalue weighted by atomic mass is 15.1. The van der Waals surface area contributed by atoms with Gasteiger partial charge in [0.1, 0.15) is 12.4 Å². The van der Waals surface area contributed by atoms with Crippen molar-refractivity contribution < 1.29 is 4.57 Å². The zero-order valence-electron chi connectivity index (χ0n) is 33.9. The van der Waals surface area contributed by atoms with E-state index in [1.54, 1.807) is 0 Å². The Labute approximate surface area is 304 Å². The lowest BCUT2D eigenvalue weighted by Crippen LogP contribution is -2.41. The summed E-state index contributed by atoms with van der Waals surface area (Å²) in [5.41, 5.74) is 0. The molecule has 1 aromatic heterocycles. The standard InChI is InChI=1S/C46H90N2/c1-5-8-11-14-17-19-21-23-25-27-29-31-33-36-39-44(4)48-43-42-47-46(48)45(40-37-34-16-13-10-7-3)41-38-35-32-30-28-26-24-22-20-18-15-12-9-6-2/h42-45H,5-41H2,1-4H3/p+1. The molecule has 0 spiro atoms. The molecule has 0 aliphatic rings. The van der Waals surface area contributed by atoms with Crippen LogP contribution in [0.2, 0.25) is 0 Å². The topological polar surface area (TPSA) is 19.7 Å². The molecule has 2 atom stereocenters. The Morgan fingerprint density at radius 1 is 0.396 bits per heavy atom. The number of unbranched alkanes of at least 4 members (excludes halogenated alkanes) is 31. The highest BCUT2D eigenvalue weighted by Gasteiger charge is 2.25. The van der Waals surface area contributed by atoms with Crippen LogP contribution in [-0.4, -0.2) is 4.98 Å². The molecule has 1 aromatic rings. The summed E-state index contributed by atoms with van der Waals surface area (Å²) >= 11 is 0. The molecule has 1 heterocycles. The van der Waals surface area contributed by atoms with Gasteiger partial charge in [-0.1, -0.05) is 233 Å². The number of aromatic amines is 1. The van der Waals surface area contributed by atoms with Crippen molar-refractivity contribution in [2.75, 3.05) is 0 Å². The predicted molar refractivity (Wildman–Crippen MR) is 216 cm³/mol. The van der Waals surface area contributed by atoms with Crippen molar-refractivity contribution in [3.05, 3.63) is 18.2 Å². The molecule has 0 amide bonds. The number of nitrogens with one attached hydrogen (secondary N) is 1. The van der Waals surface area contributed by atoms with E-state index in [1.807, 2.05) is 0 Å². The van der Waals surface area contributed by atoms with Gasteiger partial charge in [0.25, 0.3) is 5.82 Å². The minimum atomic E-state index is 0.618. The van der Waals surface area contributed by atoms with Gasteiger partial charge >= 0.3 is 0 Å². The summed E-state index contributed by atoms with van der Waals surface area (Å²) < 4.78 is 2.65. The number of aromatic nitrogens is 2. The van der Waals surface area contributed by atoms with Gasteiger partial charge in [0.15, 0.2) is 0 Å². The van der Waals surface area contributed by atoms with Crippen LogP contribution in [0.4, 0.5) is 0 Å². The van der Waals surface area contributed by atoms with Crippen molar-refractivity contribution in [3.63, 3.8) is 0 Å². The van der Waals surface area contributed by atoms with Gasteiger partial charge < -0.3 is 0 Å². The van der Waals surface area contributed by atoms with E-state index < -0.39 is 0 Å². The number of rotatable bonds is 39. The summed E-state index contributed by atoms with van der Waals surface area (Å²) in [7, 11) is 0.